The highest BCUT2D eigenvalue weighted by atomic mass is 35.5. The first-order valence-corrected chi connectivity index (χ1v) is 11.9. The van der Waals surface area contributed by atoms with E-state index in [1.807, 2.05) is 0 Å². The minimum Gasteiger partial charge on any atom is -0.313 e. The molecule has 2 unspecified atom stereocenters. The second-order valence-electron chi connectivity index (χ2n) is 9.23. The Morgan fingerprint density at radius 1 is 0.767 bits per heavy atom. The zero-order valence-electron chi connectivity index (χ0n) is 17.3. The Kier molecular flexibility index (Phi) is 7.01. The molecule has 1 saturated carbocycles. The zero-order valence-corrected chi connectivity index (χ0v) is 19.7. The van der Waals surface area contributed by atoms with Gasteiger partial charge in [-0.05, 0) is 87.1 Å². The molecular weight excluding hydrogens is 435 g/mol. The Balaban J connectivity index is 0.00000218. The van der Waals surface area contributed by atoms with Gasteiger partial charge in [0.25, 0.3) is 0 Å². The first kappa shape index (κ1) is 22.4. The van der Waals surface area contributed by atoms with Crippen molar-refractivity contribution >= 4 is 35.6 Å². The lowest BCUT2D eigenvalue weighted by Gasteiger charge is -2.53. The molecule has 1 N–H and O–H groups in total. The molecule has 3 heterocycles. The number of rotatable bonds is 3. The van der Waals surface area contributed by atoms with Gasteiger partial charge in [-0.25, -0.2) is 0 Å². The van der Waals surface area contributed by atoms with Crippen LogP contribution in [0.3, 0.4) is 0 Å². The zero-order chi connectivity index (χ0) is 19.8. The summed E-state index contributed by atoms with van der Waals surface area (Å²) in [5, 5.41) is 5.61. The van der Waals surface area contributed by atoms with E-state index in [1.165, 1.54) is 62.7 Å². The van der Waals surface area contributed by atoms with Crippen LogP contribution in [0.5, 0.6) is 0 Å². The van der Waals surface area contributed by atoms with E-state index in [2.05, 4.69) is 58.7 Å². The second-order valence-corrected chi connectivity index (χ2v) is 10.1. The molecule has 6 rings (SSSR count). The van der Waals surface area contributed by atoms with Gasteiger partial charge >= 0.3 is 0 Å². The maximum absolute atomic E-state index is 6.21. The molecule has 0 aromatic heterocycles. The van der Waals surface area contributed by atoms with Crippen LogP contribution in [-0.2, 0) is 0 Å². The summed E-state index contributed by atoms with van der Waals surface area (Å²) in [6.45, 7) is 3.62. The summed E-state index contributed by atoms with van der Waals surface area (Å²) in [4.78, 5) is 2.85. The standard InChI is InChI=1S/C25H30Cl2N2.ClH/c26-20-8-4-18(5-9-20)22-16-25(29-14-2-1-3-15-29)12-13-28-24(22)23(17-25)19-6-10-21(27)11-7-19;/h4-11,22-24,28H,1-3,12-17H2;1H. The van der Waals surface area contributed by atoms with Gasteiger partial charge in [0.1, 0.15) is 0 Å². The Labute approximate surface area is 196 Å². The fraction of sp³-hybridized carbons (Fsp3) is 0.520. The molecule has 0 radical (unpaired) electrons. The second kappa shape index (κ2) is 9.38. The number of benzene rings is 2. The topological polar surface area (TPSA) is 15.3 Å². The molecule has 2 nitrogen and oxygen atoms in total. The van der Waals surface area contributed by atoms with E-state index in [0.29, 0.717) is 17.9 Å². The largest absolute Gasteiger partial charge is 0.313 e. The van der Waals surface area contributed by atoms with Crippen LogP contribution in [0.4, 0.5) is 0 Å². The van der Waals surface area contributed by atoms with Crippen LogP contribution < -0.4 is 5.32 Å². The minimum absolute atomic E-state index is 0. The molecule has 4 aliphatic rings. The van der Waals surface area contributed by atoms with Crippen LogP contribution in [-0.4, -0.2) is 36.1 Å². The van der Waals surface area contributed by atoms with E-state index in [1.54, 1.807) is 0 Å². The maximum atomic E-state index is 6.21. The highest BCUT2D eigenvalue weighted by Gasteiger charge is 2.51. The predicted molar refractivity (Wildman–Crippen MR) is 129 cm³/mol. The van der Waals surface area contributed by atoms with Crippen molar-refractivity contribution in [2.75, 3.05) is 19.6 Å². The number of nitrogens with one attached hydrogen (secondary N) is 1. The SMILES string of the molecule is Cl.Clc1ccc(C2CC3(N4CCCCC4)CCNC2C(c2ccc(Cl)cc2)C3)cc1. The summed E-state index contributed by atoms with van der Waals surface area (Å²) in [5.74, 6) is 1.01. The van der Waals surface area contributed by atoms with E-state index in [-0.39, 0.29) is 17.9 Å². The van der Waals surface area contributed by atoms with Gasteiger partial charge in [-0.3, -0.25) is 4.90 Å². The van der Waals surface area contributed by atoms with Crippen molar-refractivity contribution in [1.29, 1.82) is 0 Å². The van der Waals surface area contributed by atoms with Gasteiger partial charge in [-0.2, -0.15) is 0 Å². The quantitative estimate of drug-likeness (QED) is 0.545. The van der Waals surface area contributed by atoms with E-state index >= 15 is 0 Å². The third-order valence-electron chi connectivity index (χ3n) is 7.66. The monoisotopic (exact) mass is 464 g/mol. The van der Waals surface area contributed by atoms with Gasteiger partial charge < -0.3 is 5.32 Å². The normalized spacial score (nSPS) is 31.7. The Morgan fingerprint density at radius 3 is 1.77 bits per heavy atom. The van der Waals surface area contributed by atoms with Crippen molar-refractivity contribution in [3.8, 4) is 0 Å². The van der Waals surface area contributed by atoms with Crippen LogP contribution in [0.15, 0.2) is 48.5 Å². The van der Waals surface area contributed by atoms with Gasteiger partial charge in [0.2, 0.25) is 0 Å². The van der Waals surface area contributed by atoms with Crippen molar-refractivity contribution in [3.63, 3.8) is 0 Å². The van der Waals surface area contributed by atoms with E-state index in [4.69, 9.17) is 23.2 Å². The number of halogens is 3. The van der Waals surface area contributed by atoms with Crippen molar-refractivity contribution < 1.29 is 0 Å². The van der Waals surface area contributed by atoms with Crippen LogP contribution >= 0.6 is 35.6 Å². The third kappa shape index (κ3) is 4.27. The molecule has 2 bridgehead atoms. The van der Waals surface area contributed by atoms with Crippen molar-refractivity contribution in [1.82, 2.24) is 10.2 Å². The summed E-state index contributed by atoms with van der Waals surface area (Å²) in [5.41, 5.74) is 3.14. The van der Waals surface area contributed by atoms with E-state index < -0.39 is 0 Å². The number of nitrogens with zero attached hydrogens (tertiary/aromatic N) is 1. The molecule has 1 aliphatic carbocycles. The average molecular weight is 466 g/mol. The molecule has 2 atom stereocenters. The molecule has 162 valence electrons. The highest BCUT2D eigenvalue weighted by molar-refractivity contribution is 6.30. The average Bonchev–Trinajstić information content (AvgIpc) is 3.07. The molecule has 3 saturated heterocycles. The Morgan fingerprint density at radius 2 is 1.27 bits per heavy atom. The summed E-state index contributed by atoms with van der Waals surface area (Å²) in [7, 11) is 0. The molecule has 30 heavy (non-hydrogen) atoms. The molecule has 4 fully saturated rings. The van der Waals surface area contributed by atoms with E-state index in [0.717, 1.165) is 16.6 Å². The van der Waals surface area contributed by atoms with Crippen LogP contribution in [0.1, 0.15) is 61.5 Å². The van der Waals surface area contributed by atoms with Gasteiger partial charge in [0.15, 0.2) is 0 Å². The summed E-state index contributed by atoms with van der Waals surface area (Å²) < 4.78 is 0. The predicted octanol–water partition coefficient (Wildman–Crippen LogP) is 6.66. The van der Waals surface area contributed by atoms with Crippen LogP contribution in [0.25, 0.3) is 0 Å². The van der Waals surface area contributed by atoms with Gasteiger partial charge in [0.05, 0.1) is 0 Å². The highest BCUT2D eigenvalue weighted by Crippen LogP contribution is 2.52. The smallest absolute Gasteiger partial charge is 0.0406 e. The molecule has 5 heteroatoms. The number of piperidine rings is 1. The molecule has 0 amide bonds. The molecular formula is C25H31Cl3N2. The maximum Gasteiger partial charge on any atom is 0.0406 e. The lowest BCUT2D eigenvalue weighted by atomic mass is 9.63. The first-order chi connectivity index (χ1) is 14.1. The number of hydrogen-bond acceptors (Lipinski definition) is 2. The van der Waals surface area contributed by atoms with Gasteiger partial charge in [-0.1, -0.05) is 53.9 Å². The van der Waals surface area contributed by atoms with Gasteiger partial charge in [-0.15, -0.1) is 12.4 Å². The lowest BCUT2D eigenvalue weighted by Crippen LogP contribution is -2.56. The molecule has 3 aliphatic heterocycles. The summed E-state index contributed by atoms with van der Waals surface area (Å²) in [6, 6.07) is 17.7. The number of likely N-dealkylation sites (tertiary alicyclic amines) is 1. The van der Waals surface area contributed by atoms with Crippen molar-refractivity contribution in [3.05, 3.63) is 69.7 Å². The van der Waals surface area contributed by atoms with Gasteiger partial charge in [0, 0.05) is 33.5 Å². The fourth-order valence-electron chi connectivity index (χ4n) is 6.25. The number of fused-ring (bicyclic) bond motifs is 4. The van der Waals surface area contributed by atoms with Crippen molar-refractivity contribution in [2.45, 2.75) is 61.9 Å². The van der Waals surface area contributed by atoms with Crippen LogP contribution in [0.2, 0.25) is 10.0 Å². The van der Waals surface area contributed by atoms with E-state index in [9.17, 15) is 0 Å². The lowest BCUT2D eigenvalue weighted by molar-refractivity contribution is 0.0205. The first-order valence-electron chi connectivity index (χ1n) is 11.1. The molecule has 0 spiro atoms. The number of hydrogen-bond donors (Lipinski definition) is 1. The Bertz CT molecular complexity index is 775. The molecule has 2 aromatic carbocycles. The minimum atomic E-state index is 0. The summed E-state index contributed by atoms with van der Waals surface area (Å²) >= 11 is 12.4. The third-order valence-corrected chi connectivity index (χ3v) is 8.16. The fourth-order valence-corrected chi connectivity index (χ4v) is 6.50. The van der Waals surface area contributed by atoms with Crippen LogP contribution in [0, 0.1) is 0 Å². The summed E-state index contributed by atoms with van der Waals surface area (Å²) in [6.07, 6.45) is 7.81. The molecule has 2 aromatic rings. The van der Waals surface area contributed by atoms with Crippen molar-refractivity contribution in [2.24, 2.45) is 0 Å². The Hall–Kier alpha value is -0.770.